The number of nitrogens with one attached hydrogen (secondary N) is 1. The third-order valence-electron chi connectivity index (χ3n) is 4.49. The van der Waals surface area contributed by atoms with Crippen molar-refractivity contribution in [2.24, 2.45) is 0 Å². The number of para-hydroxylation sites is 1. The van der Waals surface area contributed by atoms with Crippen LogP contribution in [0.15, 0.2) is 48.5 Å². The second-order valence-corrected chi connectivity index (χ2v) is 7.99. The second kappa shape index (κ2) is 9.81. The lowest BCUT2D eigenvalue weighted by Gasteiger charge is -2.27. The number of hydrogen-bond acceptors (Lipinski definition) is 3. The van der Waals surface area contributed by atoms with Gasteiger partial charge in [0.05, 0.1) is 17.0 Å². The van der Waals surface area contributed by atoms with Crippen molar-refractivity contribution >= 4 is 40.9 Å². The van der Waals surface area contributed by atoms with Gasteiger partial charge in [0.25, 0.3) is 5.91 Å². The van der Waals surface area contributed by atoms with E-state index in [0.717, 1.165) is 37.2 Å². The minimum atomic E-state index is -0.104. The summed E-state index contributed by atoms with van der Waals surface area (Å²) in [5.74, 6) is 0.959. The Hall–Kier alpha value is -1.98. The first-order valence-corrected chi connectivity index (χ1v) is 10.7. The van der Waals surface area contributed by atoms with E-state index in [2.05, 4.69) is 5.32 Å². The summed E-state index contributed by atoms with van der Waals surface area (Å²) in [5.41, 5.74) is 2.28. The molecule has 1 fully saturated rings. The maximum absolute atomic E-state index is 12.8. The Balaban J connectivity index is 1.55. The van der Waals surface area contributed by atoms with E-state index in [9.17, 15) is 9.59 Å². The van der Waals surface area contributed by atoms with Crippen molar-refractivity contribution < 1.29 is 9.59 Å². The van der Waals surface area contributed by atoms with Crippen molar-refractivity contribution in [1.82, 2.24) is 4.90 Å². The smallest absolute Gasteiger partial charge is 0.255 e. The predicted octanol–water partition coefficient (Wildman–Crippen LogP) is 4.84. The van der Waals surface area contributed by atoms with Crippen molar-refractivity contribution in [3.8, 4) is 0 Å². The molecule has 3 rings (SSSR count). The van der Waals surface area contributed by atoms with Crippen LogP contribution in [-0.4, -0.2) is 35.6 Å². The summed E-state index contributed by atoms with van der Waals surface area (Å²) in [6, 6.07) is 14.9. The molecular formula is C21H23ClN2O2S. The van der Waals surface area contributed by atoms with Crippen LogP contribution >= 0.6 is 23.4 Å². The average molecular weight is 403 g/mol. The Kier molecular flexibility index (Phi) is 7.18. The van der Waals surface area contributed by atoms with Gasteiger partial charge in [-0.1, -0.05) is 35.9 Å². The third kappa shape index (κ3) is 5.75. The summed E-state index contributed by atoms with van der Waals surface area (Å²) >= 11 is 7.41. The van der Waals surface area contributed by atoms with E-state index in [1.807, 2.05) is 41.3 Å². The first kappa shape index (κ1) is 19.8. The van der Waals surface area contributed by atoms with Crippen molar-refractivity contribution in [3.05, 3.63) is 64.7 Å². The highest BCUT2D eigenvalue weighted by molar-refractivity contribution is 7.99. The quantitative estimate of drug-likeness (QED) is 0.752. The van der Waals surface area contributed by atoms with Crippen molar-refractivity contribution in [2.75, 3.05) is 24.2 Å². The zero-order valence-electron chi connectivity index (χ0n) is 15.1. The van der Waals surface area contributed by atoms with Gasteiger partial charge in [0, 0.05) is 23.9 Å². The number of piperidine rings is 1. The van der Waals surface area contributed by atoms with Crippen LogP contribution in [0.4, 0.5) is 5.69 Å². The lowest BCUT2D eigenvalue weighted by molar-refractivity contribution is -0.113. The van der Waals surface area contributed by atoms with E-state index in [1.165, 1.54) is 18.2 Å². The minimum absolute atomic E-state index is 0.000540. The first-order chi connectivity index (χ1) is 13.1. The number of likely N-dealkylation sites (tertiary alicyclic amines) is 1. The van der Waals surface area contributed by atoms with Gasteiger partial charge in [-0.3, -0.25) is 9.59 Å². The second-order valence-electron chi connectivity index (χ2n) is 6.57. The van der Waals surface area contributed by atoms with Gasteiger partial charge in [-0.25, -0.2) is 0 Å². The van der Waals surface area contributed by atoms with E-state index >= 15 is 0 Å². The van der Waals surface area contributed by atoms with Crippen LogP contribution in [0.25, 0.3) is 0 Å². The molecule has 2 amide bonds. The molecule has 0 aliphatic carbocycles. The van der Waals surface area contributed by atoms with Gasteiger partial charge in [0.1, 0.15) is 0 Å². The van der Waals surface area contributed by atoms with Crippen LogP contribution in [0.5, 0.6) is 0 Å². The molecule has 0 radical (unpaired) electrons. The number of nitrogens with zero attached hydrogens (tertiary/aromatic N) is 1. The fourth-order valence-corrected chi connectivity index (χ4v) is 3.99. The standard InChI is InChI=1S/C21H23ClN2O2S/c22-17-10-8-16(9-11-17)14-27-15-20(25)23-19-7-3-2-6-18(19)21(26)24-12-4-1-5-13-24/h2-3,6-11H,1,4-5,12-15H2,(H,23,25). The highest BCUT2D eigenvalue weighted by atomic mass is 35.5. The van der Waals surface area contributed by atoms with Crippen molar-refractivity contribution in [1.29, 1.82) is 0 Å². The molecule has 0 spiro atoms. The Morgan fingerprint density at radius 3 is 2.44 bits per heavy atom. The molecule has 1 aliphatic heterocycles. The Morgan fingerprint density at radius 1 is 1.00 bits per heavy atom. The zero-order valence-corrected chi connectivity index (χ0v) is 16.7. The third-order valence-corrected chi connectivity index (χ3v) is 5.75. The Bertz CT molecular complexity index is 789. The fourth-order valence-electron chi connectivity index (χ4n) is 3.07. The molecule has 1 saturated heterocycles. The van der Waals surface area contributed by atoms with Crippen LogP contribution in [0.2, 0.25) is 5.02 Å². The van der Waals surface area contributed by atoms with Crippen LogP contribution in [-0.2, 0) is 10.5 Å². The largest absolute Gasteiger partial charge is 0.339 e. The molecule has 2 aromatic rings. The van der Waals surface area contributed by atoms with E-state index in [1.54, 1.807) is 12.1 Å². The molecule has 1 N–H and O–H groups in total. The molecule has 0 saturated carbocycles. The maximum atomic E-state index is 12.8. The van der Waals surface area contributed by atoms with Gasteiger partial charge in [-0.05, 0) is 49.1 Å². The Labute approximate surface area is 169 Å². The number of amides is 2. The number of hydrogen-bond donors (Lipinski definition) is 1. The number of benzene rings is 2. The van der Waals surface area contributed by atoms with Crippen molar-refractivity contribution in [3.63, 3.8) is 0 Å². The summed E-state index contributed by atoms with van der Waals surface area (Å²) < 4.78 is 0. The molecular weight excluding hydrogens is 380 g/mol. The van der Waals surface area contributed by atoms with Crippen LogP contribution in [0.3, 0.4) is 0 Å². The zero-order chi connectivity index (χ0) is 19.1. The number of carbonyl (C=O) groups excluding carboxylic acids is 2. The van der Waals surface area contributed by atoms with E-state index in [-0.39, 0.29) is 11.8 Å². The van der Waals surface area contributed by atoms with Gasteiger partial charge in [0.2, 0.25) is 5.91 Å². The maximum Gasteiger partial charge on any atom is 0.255 e. The van der Waals surface area contributed by atoms with E-state index < -0.39 is 0 Å². The molecule has 6 heteroatoms. The molecule has 1 aliphatic rings. The number of anilines is 1. The van der Waals surface area contributed by atoms with Gasteiger partial charge < -0.3 is 10.2 Å². The van der Waals surface area contributed by atoms with Crippen LogP contribution in [0, 0.1) is 0 Å². The average Bonchev–Trinajstić information content (AvgIpc) is 2.70. The number of thioether (sulfide) groups is 1. The van der Waals surface area contributed by atoms with Gasteiger partial charge in [0.15, 0.2) is 0 Å². The number of rotatable bonds is 6. The predicted molar refractivity (Wildman–Crippen MR) is 112 cm³/mol. The molecule has 0 unspecified atom stereocenters. The Morgan fingerprint density at radius 2 is 1.70 bits per heavy atom. The van der Waals surface area contributed by atoms with Crippen LogP contribution in [0.1, 0.15) is 35.2 Å². The summed E-state index contributed by atoms with van der Waals surface area (Å²) in [5, 5.41) is 3.60. The highest BCUT2D eigenvalue weighted by Crippen LogP contribution is 2.21. The van der Waals surface area contributed by atoms with Gasteiger partial charge >= 0.3 is 0 Å². The van der Waals surface area contributed by atoms with E-state index in [4.69, 9.17) is 11.6 Å². The SMILES string of the molecule is O=C(CSCc1ccc(Cl)cc1)Nc1ccccc1C(=O)N1CCCCC1. The molecule has 0 atom stereocenters. The molecule has 2 aromatic carbocycles. The van der Waals surface area contributed by atoms with Gasteiger partial charge in [-0.15, -0.1) is 11.8 Å². The fraction of sp³-hybridized carbons (Fsp3) is 0.333. The van der Waals surface area contributed by atoms with Gasteiger partial charge in [-0.2, -0.15) is 0 Å². The highest BCUT2D eigenvalue weighted by Gasteiger charge is 2.21. The topological polar surface area (TPSA) is 49.4 Å². The molecule has 142 valence electrons. The molecule has 1 heterocycles. The number of halogens is 1. The molecule has 4 nitrogen and oxygen atoms in total. The lowest BCUT2D eigenvalue weighted by Crippen LogP contribution is -2.36. The molecule has 0 bridgehead atoms. The van der Waals surface area contributed by atoms with E-state index in [0.29, 0.717) is 22.0 Å². The normalized spacial score (nSPS) is 14.0. The van der Waals surface area contributed by atoms with Crippen LogP contribution < -0.4 is 5.32 Å². The number of carbonyl (C=O) groups is 2. The first-order valence-electron chi connectivity index (χ1n) is 9.14. The molecule has 27 heavy (non-hydrogen) atoms. The summed E-state index contributed by atoms with van der Waals surface area (Å²) in [6.45, 7) is 1.58. The molecule has 0 aromatic heterocycles. The van der Waals surface area contributed by atoms with Crippen molar-refractivity contribution in [2.45, 2.75) is 25.0 Å². The lowest BCUT2D eigenvalue weighted by atomic mass is 10.1. The minimum Gasteiger partial charge on any atom is -0.339 e. The summed E-state index contributed by atoms with van der Waals surface area (Å²) in [4.78, 5) is 27.0. The summed E-state index contributed by atoms with van der Waals surface area (Å²) in [7, 11) is 0. The summed E-state index contributed by atoms with van der Waals surface area (Å²) in [6.07, 6.45) is 3.26. The monoisotopic (exact) mass is 402 g/mol.